The van der Waals surface area contributed by atoms with Gasteiger partial charge >= 0.3 is 12.1 Å². The van der Waals surface area contributed by atoms with Gasteiger partial charge in [-0.15, -0.1) is 0 Å². The average molecular weight is 381 g/mol. The second kappa shape index (κ2) is 9.14. The molecule has 1 aromatic heterocycles. The van der Waals surface area contributed by atoms with Gasteiger partial charge in [-0.1, -0.05) is 41.9 Å². The number of aromatic nitrogens is 1. The number of carboxylic acid groups (broad SMARTS) is 1. The molecule has 1 amide bonds. The van der Waals surface area contributed by atoms with Crippen molar-refractivity contribution in [1.29, 1.82) is 0 Å². The molecule has 138 valence electrons. The molecular weight excluding hydrogens is 364 g/mol. The van der Waals surface area contributed by atoms with E-state index in [9.17, 15) is 19.8 Å². The van der Waals surface area contributed by atoms with Crippen molar-refractivity contribution in [2.24, 2.45) is 0 Å². The number of ether oxygens (including phenoxy) is 1. The number of hydrogen-bond acceptors (Lipinski definition) is 6. The highest BCUT2D eigenvalue weighted by Gasteiger charge is 2.22. The highest BCUT2D eigenvalue weighted by atomic mass is 35.5. The van der Waals surface area contributed by atoms with Crippen molar-refractivity contribution in [3.8, 4) is 0 Å². The number of carboxylic acids is 1. The summed E-state index contributed by atoms with van der Waals surface area (Å²) in [7, 11) is 0. The summed E-state index contributed by atoms with van der Waals surface area (Å²) in [5, 5.41) is 31.1. The van der Waals surface area contributed by atoms with Crippen LogP contribution in [0.3, 0.4) is 0 Å². The Morgan fingerprint density at radius 3 is 2.58 bits per heavy atom. The minimum atomic E-state index is -1.47. The summed E-state index contributed by atoms with van der Waals surface area (Å²) in [5.74, 6) is -1.31. The molecule has 2 atom stereocenters. The monoisotopic (exact) mass is 380 g/mol. The van der Waals surface area contributed by atoms with Gasteiger partial charge in [0.15, 0.2) is 0 Å². The van der Waals surface area contributed by atoms with Crippen LogP contribution in [0.5, 0.6) is 0 Å². The van der Waals surface area contributed by atoms with Gasteiger partial charge in [0.25, 0.3) is 0 Å². The molecule has 0 bridgehead atoms. The molecule has 0 radical (unpaired) electrons. The molecule has 4 N–H and O–H groups in total. The molecule has 2 aromatic rings. The van der Waals surface area contributed by atoms with Crippen molar-refractivity contribution in [3.63, 3.8) is 0 Å². The fourth-order valence-electron chi connectivity index (χ4n) is 2.07. The summed E-state index contributed by atoms with van der Waals surface area (Å²) >= 11 is 5.65. The Balaban J connectivity index is 1.86. The van der Waals surface area contributed by atoms with Gasteiger partial charge in [0.05, 0.1) is 5.56 Å². The largest absolute Gasteiger partial charge is 0.478 e. The van der Waals surface area contributed by atoms with Crippen LogP contribution in [-0.2, 0) is 11.3 Å². The molecule has 0 aliphatic carbocycles. The molecule has 0 aliphatic rings. The standard InChI is InChI=1S/C17H17ClN2O6/c18-15-12(16(23)24)6-11(7-19-15)14(22)13(21)8-20-17(25)26-9-10-4-2-1-3-5-10/h1-7,13-14,21-22H,8-9H2,(H,20,25)(H,23,24). The number of hydrogen-bond donors (Lipinski definition) is 4. The molecule has 9 heteroatoms. The molecule has 1 aromatic carbocycles. The third kappa shape index (κ3) is 5.41. The van der Waals surface area contributed by atoms with E-state index in [1.165, 1.54) is 0 Å². The summed E-state index contributed by atoms with van der Waals surface area (Å²) in [6, 6.07) is 10.1. The maximum Gasteiger partial charge on any atom is 0.407 e. The van der Waals surface area contributed by atoms with Crippen LogP contribution in [-0.4, -0.2) is 45.0 Å². The smallest absolute Gasteiger partial charge is 0.407 e. The second-order valence-corrected chi connectivity index (χ2v) is 5.73. The maximum absolute atomic E-state index is 11.6. The molecule has 0 saturated heterocycles. The minimum Gasteiger partial charge on any atom is -0.478 e. The third-order valence-electron chi connectivity index (χ3n) is 3.46. The fraction of sp³-hybridized carbons (Fsp3) is 0.235. The molecule has 2 rings (SSSR count). The first-order valence-corrected chi connectivity index (χ1v) is 7.95. The van der Waals surface area contributed by atoms with Crippen molar-refractivity contribution in [2.75, 3.05) is 6.54 Å². The van der Waals surface area contributed by atoms with Crippen LogP contribution in [0.1, 0.15) is 27.6 Å². The summed E-state index contributed by atoms with van der Waals surface area (Å²) in [5.41, 5.74) is 0.557. The number of amides is 1. The zero-order chi connectivity index (χ0) is 19.1. The highest BCUT2D eigenvalue weighted by molar-refractivity contribution is 6.32. The number of pyridine rings is 1. The minimum absolute atomic E-state index is 0.0544. The number of aliphatic hydroxyl groups is 2. The number of aliphatic hydroxyl groups excluding tert-OH is 2. The predicted molar refractivity (Wildman–Crippen MR) is 91.8 cm³/mol. The Labute approximate surface area is 154 Å². The third-order valence-corrected chi connectivity index (χ3v) is 3.77. The van der Waals surface area contributed by atoms with Crippen LogP contribution in [0.2, 0.25) is 5.15 Å². The van der Waals surface area contributed by atoms with Crippen molar-refractivity contribution in [1.82, 2.24) is 10.3 Å². The topological polar surface area (TPSA) is 129 Å². The van der Waals surface area contributed by atoms with Crippen LogP contribution in [0.25, 0.3) is 0 Å². The Kier molecular flexibility index (Phi) is 6.90. The average Bonchev–Trinajstić information content (AvgIpc) is 2.64. The molecule has 0 aliphatic heterocycles. The van der Waals surface area contributed by atoms with E-state index in [4.69, 9.17) is 21.4 Å². The lowest BCUT2D eigenvalue weighted by molar-refractivity contribution is 0.0181. The number of nitrogens with zero attached hydrogens (tertiary/aromatic N) is 1. The van der Waals surface area contributed by atoms with Crippen molar-refractivity contribution in [2.45, 2.75) is 18.8 Å². The molecule has 1 heterocycles. The molecule has 26 heavy (non-hydrogen) atoms. The molecule has 0 fully saturated rings. The van der Waals surface area contributed by atoms with Gasteiger partial charge in [0, 0.05) is 18.3 Å². The zero-order valence-corrected chi connectivity index (χ0v) is 14.3. The van der Waals surface area contributed by atoms with Gasteiger partial charge in [0.2, 0.25) is 0 Å². The molecule has 8 nitrogen and oxygen atoms in total. The molecule has 2 unspecified atom stereocenters. The van der Waals surface area contributed by atoms with Crippen molar-refractivity contribution >= 4 is 23.7 Å². The maximum atomic E-state index is 11.6. The van der Waals surface area contributed by atoms with Crippen LogP contribution in [0.15, 0.2) is 42.6 Å². The number of carbonyl (C=O) groups excluding carboxylic acids is 1. The molecule has 0 spiro atoms. The quantitative estimate of drug-likeness (QED) is 0.538. The van der Waals surface area contributed by atoms with Gasteiger partial charge in [-0.05, 0) is 11.6 Å². The summed E-state index contributed by atoms with van der Waals surface area (Å²) < 4.78 is 4.98. The SMILES string of the molecule is O=C(NCC(O)C(O)c1cnc(Cl)c(C(=O)O)c1)OCc1ccccc1. The number of benzene rings is 1. The lowest BCUT2D eigenvalue weighted by Gasteiger charge is -2.18. The van der Waals surface area contributed by atoms with E-state index in [-0.39, 0.29) is 29.4 Å². The van der Waals surface area contributed by atoms with Crippen molar-refractivity contribution in [3.05, 3.63) is 64.4 Å². The van der Waals surface area contributed by atoms with Gasteiger partial charge in [-0.2, -0.15) is 0 Å². The fourth-order valence-corrected chi connectivity index (χ4v) is 2.26. The van der Waals surface area contributed by atoms with Crippen molar-refractivity contribution < 1.29 is 29.6 Å². The Bertz CT molecular complexity index is 771. The van der Waals surface area contributed by atoms with Crippen LogP contribution >= 0.6 is 11.6 Å². The summed E-state index contributed by atoms with van der Waals surface area (Å²) in [6.45, 7) is -0.242. The number of alkyl carbamates (subject to hydrolysis) is 1. The number of halogens is 1. The van der Waals surface area contributed by atoms with Gasteiger partial charge in [0.1, 0.15) is 24.0 Å². The number of carbonyl (C=O) groups is 2. The van der Waals surface area contributed by atoms with E-state index in [1.807, 2.05) is 18.2 Å². The molecular formula is C17H17ClN2O6. The number of aromatic carboxylic acids is 1. The van der Waals surface area contributed by atoms with E-state index in [2.05, 4.69) is 10.3 Å². The Hall–Kier alpha value is -2.68. The van der Waals surface area contributed by atoms with E-state index >= 15 is 0 Å². The Morgan fingerprint density at radius 1 is 1.23 bits per heavy atom. The van der Waals surface area contributed by atoms with Gasteiger partial charge < -0.3 is 25.4 Å². The summed E-state index contributed by atoms with van der Waals surface area (Å²) in [4.78, 5) is 26.3. The first-order chi connectivity index (χ1) is 12.4. The lowest BCUT2D eigenvalue weighted by Crippen LogP contribution is -2.35. The van der Waals surface area contributed by atoms with E-state index < -0.39 is 24.3 Å². The van der Waals surface area contributed by atoms with Gasteiger partial charge in [-0.25, -0.2) is 14.6 Å². The first kappa shape index (κ1) is 19.6. The first-order valence-electron chi connectivity index (χ1n) is 7.58. The summed E-state index contributed by atoms with van der Waals surface area (Å²) in [6.07, 6.45) is -2.48. The zero-order valence-electron chi connectivity index (χ0n) is 13.5. The van der Waals surface area contributed by atoms with E-state index in [0.29, 0.717) is 0 Å². The normalized spacial score (nSPS) is 12.9. The van der Waals surface area contributed by atoms with E-state index in [0.717, 1.165) is 17.8 Å². The Morgan fingerprint density at radius 2 is 1.92 bits per heavy atom. The van der Waals surface area contributed by atoms with Crippen LogP contribution < -0.4 is 5.32 Å². The number of nitrogens with one attached hydrogen (secondary N) is 1. The van der Waals surface area contributed by atoms with E-state index in [1.54, 1.807) is 12.1 Å². The number of rotatable bonds is 7. The highest BCUT2D eigenvalue weighted by Crippen LogP contribution is 2.21. The van der Waals surface area contributed by atoms with Gasteiger partial charge in [-0.3, -0.25) is 0 Å². The second-order valence-electron chi connectivity index (χ2n) is 5.37. The molecule has 0 saturated carbocycles. The van der Waals surface area contributed by atoms with Crippen LogP contribution in [0, 0.1) is 0 Å². The predicted octanol–water partition coefficient (Wildman–Crippen LogP) is 1.75. The lowest BCUT2D eigenvalue weighted by atomic mass is 10.0. The van der Waals surface area contributed by atoms with Crippen LogP contribution in [0.4, 0.5) is 4.79 Å².